The molecule has 0 aliphatic rings. The normalized spacial score (nSPS) is 11.7. The fraction of sp³-hybridized carbons (Fsp3) is 0.192. The van der Waals surface area contributed by atoms with Gasteiger partial charge in [-0.05, 0) is 61.6 Å². The van der Waals surface area contributed by atoms with Gasteiger partial charge in [-0.15, -0.1) is 11.3 Å². The maximum atomic E-state index is 12.6. The zero-order chi connectivity index (χ0) is 22.7. The summed E-state index contributed by atoms with van der Waals surface area (Å²) in [7, 11) is 0. The van der Waals surface area contributed by atoms with Crippen LogP contribution in [0.5, 0.6) is 5.75 Å². The summed E-state index contributed by atoms with van der Waals surface area (Å²) in [4.78, 5) is 13.7. The topological polar surface area (TPSA) is 51.5 Å². The van der Waals surface area contributed by atoms with Crippen molar-refractivity contribution in [3.8, 4) is 16.9 Å². The minimum absolute atomic E-state index is 0.138. The summed E-state index contributed by atoms with van der Waals surface area (Å²) < 4.78 is 11.9. The third-order valence-corrected chi connectivity index (χ3v) is 6.41. The molecule has 0 fully saturated rings. The standard InChI is InChI=1S/C26H24ClNO3S/c1-4-30-25-17(3)26-22(23(15-31-26)18-7-9-19(27)10-8-18)13-21(25)16(2)12-24(29)28-14-20-6-5-11-32-20/h5-13,15H,4,14H2,1-3H3,(H,28,29)/b16-12+. The van der Waals surface area contributed by atoms with Crippen molar-refractivity contribution in [2.75, 3.05) is 6.61 Å². The maximum Gasteiger partial charge on any atom is 0.244 e. The molecule has 0 radical (unpaired) electrons. The molecule has 0 bridgehead atoms. The van der Waals surface area contributed by atoms with Gasteiger partial charge in [0.1, 0.15) is 11.3 Å². The van der Waals surface area contributed by atoms with E-state index in [0.717, 1.165) is 49.4 Å². The second kappa shape index (κ2) is 9.63. The lowest BCUT2D eigenvalue weighted by Gasteiger charge is -2.15. The van der Waals surface area contributed by atoms with Crippen molar-refractivity contribution in [3.05, 3.63) is 81.2 Å². The minimum Gasteiger partial charge on any atom is -0.493 e. The van der Waals surface area contributed by atoms with Crippen molar-refractivity contribution in [1.82, 2.24) is 5.32 Å². The van der Waals surface area contributed by atoms with Crippen LogP contribution in [0.2, 0.25) is 5.02 Å². The van der Waals surface area contributed by atoms with Gasteiger partial charge < -0.3 is 14.5 Å². The molecule has 2 aromatic carbocycles. The number of ether oxygens (including phenoxy) is 1. The Morgan fingerprint density at radius 3 is 2.72 bits per heavy atom. The largest absolute Gasteiger partial charge is 0.493 e. The molecule has 0 saturated carbocycles. The van der Waals surface area contributed by atoms with Crippen molar-refractivity contribution in [2.45, 2.75) is 27.3 Å². The summed E-state index contributed by atoms with van der Waals surface area (Å²) in [6, 6.07) is 13.7. The number of fused-ring (bicyclic) bond motifs is 1. The summed E-state index contributed by atoms with van der Waals surface area (Å²) in [6.45, 7) is 6.88. The number of thiophene rings is 1. The third-order valence-electron chi connectivity index (χ3n) is 5.28. The molecule has 2 aromatic heterocycles. The molecule has 0 aliphatic heterocycles. The van der Waals surface area contributed by atoms with Gasteiger partial charge in [0.2, 0.25) is 5.91 Å². The van der Waals surface area contributed by atoms with Crippen molar-refractivity contribution in [3.63, 3.8) is 0 Å². The Kier molecular flexibility index (Phi) is 6.68. The van der Waals surface area contributed by atoms with Gasteiger partial charge in [0.25, 0.3) is 0 Å². The van der Waals surface area contributed by atoms with Crippen LogP contribution >= 0.6 is 22.9 Å². The lowest BCUT2D eigenvalue weighted by Crippen LogP contribution is -2.20. The van der Waals surface area contributed by atoms with Gasteiger partial charge in [-0.3, -0.25) is 4.79 Å². The third kappa shape index (κ3) is 4.59. The molecule has 1 amide bonds. The SMILES string of the molecule is CCOc1c(/C(C)=C/C(=O)NCc2cccs2)cc2c(-c3ccc(Cl)cc3)coc2c1C. The quantitative estimate of drug-likeness (QED) is 0.292. The van der Waals surface area contributed by atoms with E-state index in [1.807, 2.05) is 68.6 Å². The predicted octanol–water partition coefficient (Wildman–Crippen LogP) is 7.24. The average molecular weight is 466 g/mol. The molecular formula is C26H24ClNO3S. The Balaban J connectivity index is 1.74. The van der Waals surface area contributed by atoms with Crippen LogP contribution in [0.3, 0.4) is 0 Å². The van der Waals surface area contributed by atoms with Gasteiger partial charge in [0.15, 0.2) is 0 Å². The van der Waals surface area contributed by atoms with Gasteiger partial charge in [0.05, 0.1) is 19.4 Å². The van der Waals surface area contributed by atoms with E-state index in [0.29, 0.717) is 18.2 Å². The Labute approximate surface area is 196 Å². The number of hydrogen-bond acceptors (Lipinski definition) is 4. The Bertz CT molecular complexity index is 1270. The van der Waals surface area contributed by atoms with Crippen LogP contribution in [0, 0.1) is 6.92 Å². The van der Waals surface area contributed by atoms with E-state index in [9.17, 15) is 4.79 Å². The number of rotatable bonds is 7. The number of furan rings is 1. The molecule has 4 rings (SSSR count). The highest BCUT2D eigenvalue weighted by Crippen LogP contribution is 2.40. The average Bonchev–Trinajstić information content (AvgIpc) is 3.45. The van der Waals surface area contributed by atoms with Crippen LogP contribution in [0.1, 0.15) is 29.9 Å². The minimum atomic E-state index is -0.138. The second-order valence-electron chi connectivity index (χ2n) is 7.47. The molecule has 6 heteroatoms. The van der Waals surface area contributed by atoms with Crippen molar-refractivity contribution < 1.29 is 13.9 Å². The van der Waals surface area contributed by atoms with Gasteiger partial charge in [-0.25, -0.2) is 0 Å². The molecule has 0 spiro atoms. The molecule has 0 atom stereocenters. The first-order chi connectivity index (χ1) is 15.5. The van der Waals surface area contributed by atoms with Gasteiger partial charge in [-0.1, -0.05) is 29.8 Å². The molecule has 164 valence electrons. The maximum absolute atomic E-state index is 12.6. The van der Waals surface area contributed by atoms with Gasteiger partial charge in [0, 0.05) is 38.1 Å². The number of carbonyl (C=O) groups is 1. The number of hydrogen-bond donors (Lipinski definition) is 1. The molecule has 32 heavy (non-hydrogen) atoms. The van der Waals surface area contributed by atoms with E-state index >= 15 is 0 Å². The van der Waals surface area contributed by atoms with Crippen LogP contribution in [0.25, 0.3) is 27.7 Å². The number of nitrogens with one attached hydrogen (secondary N) is 1. The summed E-state index contributed by atoms with van der Waals surface area (Å²) in [5, 5.41) is 6.60. The van der Waals surface area contributed by atoms with E-state index in [-0.39, 0.29) is 5.91 Å². The van der Waals surface area contributed by atoms with Gasteiger partial charge in [-0.2, -0.15) is 0 Å². The molecule has 4 nitrogen and oxygen atoms in total. The molecular weight excluding hydrogens is 442 g/mol. The van der Waals surface area contributed by atoms with Gasteiger partial charge >= 0.3 is 0 Å². The number of amides is 1. The highest BCUT2D eigenvalue weighted by atomic mass is 35.5. The highest BCUT2D eigenvalue weighted by Gasteiger charge is 2.19. The van der Waals surface area contributed by atoms with Crippen molar-refractivity contribution >= 4 is 45.4 Å². The predicted molar refractivity (Wildman–Crippen MR) is 132 cm³/mol. The zero-order valence-electron chi connectivity index (χ0n) is 18.2. The van der Waals surface area contributed by atoms with Crippen LogP contribution in [-0.4, -0.2) is 12.5 Å². The first-order valence-corrected chi connectivity index (χ1v) is 11.7. The van der Waals surface area contributed by atoms with Crippen molar-refractivity contribution in [2.24, 2.45) is 0 Å². The van der Waals surface area contributed by atoms with E-state index in [2.05, 4.69) is 5.32 Å². The van der Waals surface area contributed by atoms with E-state index < -0.39 is 0 Å². The number of carbonyl (C=O) groups excluding carboxylic acids is 1. The summed E-state index contributed by atoms with van der Waals surface area (Å²) >= 11 is 7.68. The number of benzene rings is 2. The molecule has 0 unspecified atom stereocenters. The molecule has 4 aromatic rings. The van der Waals surface area contributed by atoms with Crippen LogP contribution < -0.4 is 10.1 Å². The Hall–Kier alpha value is -3.02. The fourth-order valence-electron chi connectivity index (χ4n) is 3.70. The van der Waals surface area contributed by atoms with E-state index in [1.165, 1.54) is 0 Å². The molecule has 2 heterocycles. The van der Waals surface area contributed by atoms with E-state index in [1.54, 1.807) is 23.7 Å². The Morgan fingerprint density at radius 1 is 1.25 bits per heavy atom. The highest BCUT2D eigenvalue weighted by molar-refractivity contribution is 7.09. The number of halogens is 1. The summed E-state index contributed by atoms with van der Waals surface area (Å²) in [5.74, 6) is 0.595. The lowest BCUT2D eigenvalue weighted by atomic mass is 9.96. The number of aryl methyl sites for hydroxylation is 1. The summed E-state index contributed by atoms with van der Waals surface area (Å²) in [5.41, 5.74) is 5.37. The van der Waals surface area contributed by atoms with Crippen LogP contribution in [-0.2, 0) is 11.3 Å². The van der Waals surface area contributed by atoms with Crippen LogP contribution in [0.15, 0.2) is 64.6 Å². The number of allylic oxidation sites excluding steroid dienone is 1. The smallest absolute Gasteiger partial charge is 0.244 e. The molecule has 0 aliphatic carbocycles. The monoisotopic (exact) mass is 465 g/mol. The fourth-order valence-corrected chi connectivity index (χ4v) is 4.48. The lowest BCUT2D eigenvalue weighted by molar-refractivity contribution is -0.116. The first-order valence-electron chi connectivity index (χ1n) is 10.4. The zero-order valence-corrected chi connectivity index (χ0v) is 19.8. The molecule has 0 saturated heterocycles. The summed E-state index contributed by atoms with van der Waals surface area (Å²) in [6.07, 6.45) is 3.38. The van der Waals surface area contributed by atoms with Crippen LogP contribution in [0.4, 0.5) is 0 Å². The molecule has 1 N–H and O–H groups in total. The Morgan fingerprint density at radius 2 is 2.03 bits per heavy atom. The van der Waals surface area contributed by atoms with Crippen molar-refractivity contribution in [1.29, 1.82) is 0 Å². The second-order valence-corrected chi connectivity index (χ2v) is 8.94. The van der Waals surface area contributed by atoms with E-state index in [4.69, 9.17) is 20.8 Å². The first kappa shape index (κ1) is 22.2.